The predicted octanol–water partition coefficient (Wildman–Crippen LogP) is 18.5. The number of allylic oxidation sites excluding steroid dienone is 16. The summed E-state index contributed by atoms with van der Waals surface area (Å²) in [7, 11) is 0. The van der Waals surface area contributed by atoms with Gasteiger partial charge in [0, 0.05) is 19.3 Å². The maximum Gasteiger partial charge on any atom is 0.306 e. The largest absolute Gasteiger partial charge is 0.462 e. The quantitative estimate of drug-likeness (QED) is 0.0262. The zero-order valence-electron chi connectivity index (χ0n) is 43.6. The third-order valence-electron chi connectivity index (χ3n) is 11.6. The lowest BCUT2D eigenvalue weighted by Crippen LogP contribution is -2.30. The molecule has 0 aliphatic rings. The molecule has 0 amide bonds. The lowest BCUT2D eigenvalue weighted by atomic mass is 10.0. The number of hydrogen-bond donors (Lipinski definition) is 0. The summed E-state index contributed by atoms with van der Waals surface area (Å²) in [6.07, 6.45) is 72.6. The van der Waals surface area contributed by atoms with Gasteiger partial charge >= 0.3 is 17.9 Å². The van der Waals surface area contributed by atoms with Gasteiger partial charge in [-0.2, -0.15) is 0 Å². The standard InChI is InChI=1S/C61H102O6/c1-4-7-10-13-16-19-22-25-28-29-30-31-34-36-39-42-45-48-51-54-60(63)66-57-58(67-61(64)55-52-49-46-43-40-37-33-27-24-21-18-15-12-9-6-3)56-65-59(62)53-50-47-44-41-38-35-32-26-23-20-17-14-11-8-5-2/h7,10,16,18-19,21,25,27-28,30-31,33,36,39,45,48,58H,4-6,8-9,11-15,17,20,22-24,26,29,32,34-35,37-38,40-44,46-47,49-57H2,1-3H3/b10-7-,19-16-,21-18-,28-25-,31-30-,33-27-,39-36-,48-45-/t58-/m1/s1. The first-order valence-electron chi connectivity index (χ1n) is 27.7. The fourth-order valence-corrected chi connectivity index (χ4v) is 7.44. The highest BCUT2D eigenvalue weighted by Gasteiger charge is 2.19. The van der Waals surface area contributed by atoms with Crippen molar-refractivity contribution in [2.75, 3.05) is 13.2 Å². The van der Waals surface area contributed by atoms with E-state index >= 15 is 0 Å². The van der Waals surface area contributed by atoms with Crippen molar-refractivity contribution in [2.45, 2.75) is 258 Å². The molecule has 0 unspecified atom stereocenters. The van der Waals surface area contributed by atoms with Crippen molar-refractivity contribution >= 4 is 17.9 Å². The molecule has 382 valence electrons. The molecule has 0 spiro atoms. The number of carbonyl (C=O) groups excluding carboxylic acids is 3. The number of carbonyl (C=O) groups is 3. The summed E-state index contributed by atoms with van der Waals surface area (Å²) in [6.45, 7) is 6.43. The Morgan fingerprint density at radius 1 is 0.313 bits per heavy atom. The van der Waals surface area contributed by atoms with Crippen molar-refractivity contribution in [3.05, 3.63) is 97.2 Å². The summed E-state index contributed by atoms with van der Waals surface area (Å²) in [5.41, 5.74) is 0. The van der Waals surface area contributed by atoms with E-state index < -0.39 is 6.10 Å². The second kappa shape index (κ2) is 54.9. The topological polar surface area (TPSA) is 78.9 Å². The van der Waals surface area contributed by atoms with Crippen LogP contribution in [0.2, 0.25) is 0 Å². The minimum Gasteiger partial charge on any atom is -0.462 e. The lowest BCUT2D eigenvalue weighted by Gasteiger charge is -2.18. The summed E-state index contributed by atoms with van der Waals surface area (Å²) in [4.78, 5) is 38.1. The van der Waals surface area contributed by atoms with Crippen LogP contribution in [0, 0.1) is 0 Å². The Morgan fingerprint density at radius 3 is 1.03 bits per heavy atom. The molecule has 0 N–H and O–H groups in total. The molecule has 0 aliphatic heterocycles. The minimum atomic E-state index is -0.815. The van der Waals surface area contributed by atoms with Gasteiger partial charge in [0.25, 0.3) is 0 Å². The molecule has 0 fully saturated rings. The zero-order chi connectivity index (χ0) is 48.6. The molecule has 0 bridgehead atoms. The Morgan fingerprint density at radius 2 is 0.612 bits per heavy atom. The third-order valence-corrected chi connectivity index (χ3v) is 11.6. The lowest BCUT2D eigenvalue weighted by molar-refractivity contribution is -0.166. The monoisotopic (exact) mass is 931 g/mol. The smallest absolute Gasteiger partial charge is 0.306 e. The SMILES string of the molecule is CC/C=C\C/C=C\C/C=C\C/C=C\C/C=C\C/C=C\CCC(=O)OC[C@@H](COC(=O)CCCCCCCCCCCCCCCCC)OC(=O)CCCCCCC/C=C\C/C=C\CCCCC. The first-order chi connectivity index (χ1) is 33.0. The van der Waals surface area contributed by atoms with Gasteiger partial charge in [-0.25, -0.2) is 0 Å². The molecule has 6 nitrogen and oxygen atoms in total. The normalized spacial score (nSPS) is 12.8. The van der Waals surface area contributed by atoms with Crippen LogP contribution in [0.25, 0.3) is 0 Å². The van der Waals surface area contributed by atoms with Crippen molar-refractivity contribution in [3.8, 4) is 0 Å². The van der Waals surface area contributed by atoms with Crippen LogP contribution in [0.1, 0.15) is 252 Å². The first-order valence-corrected chi connectivity index (χ1v) is 27.7. The molecule has 0 aromatic rings. The summed E-state index contributed by atoms with van der Waals surface area (Å²) >= 11 is 0. The molecular formula is C61H102O6. The van der Waals surface area contributed by atoms with Crippen molar-refractivity contribution in [2.24, 2.45) is 0 Å². The fraction of sp³-hybridized carbons (Fsp3) is 0.689. The predicted molar refractivity (Wildman–Crippen MR) is 288 cm³/mol. The molecule has 0 aromatic carbocycles. The Labute approximate surface area is 413 Å². The van der Waals surface area contributed by atoms with Gasteiger partial charge in [-0.1, -0.05) is 240 Å². The van der Waals surface area contributed by atoms with E-state index in [0.29, 0.717) is 19.3 Å². The van der Waals surface area contributed by atoms with Crippen LogP contribution >= 0.6 is 0 Å². The van der Waals surface area contributed by atoms with Gasteiger partial charge in [0.05, 0.1) is 0 Å². The van der Waals surface area contributed by atoms with E-state index in [-0.39, 0.29) is 37.5 Å². The fourth-order valence-electron chi connectivity index (χ4n) is 7.44. The van der Waals surface area contributed by atoms with Gasteiger partial charge in [0.2, 0.25) is 0 Å². The molecule has 0 radical (unpaired) electrons. The zero-order valence-corrected chi connectivity index (χ0v) is 43.6. The maximum absolute atomic E-state index is 12.8. The van der Waals surface area contributed by atoms with Gasteiger partial charge < -0.3 is 14.2 Å². The molecule has 0 aromatic heterocycles. The van der Waals surface area contributed by atoms with E-state index in [9.17, 15) is 14.4 Å². The second-order valence-corrected chi connectivity index (χ2v) is 18.1. The van der Waals surface area contributed by atoms with Crippen molar-refractivity contribution in [1.29, 1.82) is 0 Å². The molecule has 0 heterocycles. The molecule has 1 atom stereocenters. The number of hydrogen-bond acceptors (Lipinski definition) is 6. The van der Waals surface area contributed by atoms with Crippen molar-refractivity contribution in [3.63, 3.8) is 0 Å². The average molecular weight is 931 g/mol. The first kappa shape index (κ1) is 63.3. The highest BCUT2D eigenvalue weighted by molar-refractivity contribution is 5.71. The summed E-state index contributed by atoms with van der Waals surface area (Å²) in [6, 6.07) is 0. The van der Waals surface area contributed by atoms with Gasteiger partial charge in [0.15, 0.2) is 6.10 Å². The molecule has 67 heavy (non-hydrogen) atoms. The van der Waals surface area contributed by atoms with E-state index in [0.717, 1.165) is 103 Å². The number of unbranched alkanes of at least 4 members (excludes halogenated alkanes) is 22. The van der Waals surface area contributed by atoms with Gasteiger partial charge in [-0.05, 0) is 89.9 Å². The molecule has 0 saturated carbocycles. The summed E-state index contributed by atoms with van der Waals surface area (Å²) in [5, 5.41) is 0. The van der Waals surface area contributed by atoms with Gasteiger partial charge in [-0.15, -0.1) is 0 Å². The second-order valence-electron chi connectivity index (χ2n) is 18.1. The van der Waals surface area contributed by atoms with Crippen LogP contribution in [-0.4, -0.2) is 37.2 Å². The molecule has 0 aliphatic carbocycles. The number of ether oxygens (including phenoxy) is 3. The van der Waals surface area contributed by atoms with Crippen LogP contribution in [0.15, 0.2) is 97.2 Å². The summed E-state index contributed by atoms with van der Waals surface area (Å²) in [5.74, 6) is -1.00. The average Bonchev–Trinajstić information content (AvgIpc) is 3.33. The summed E-state index contributed by atoms with van der Waals surface area (Å²) < 4.78 is 16.8. The van der Waals surface area contributed by atoms with Gasteiger partial charge in [0.1, 0.15) is 13.2 Å². The van der Waals surface area contributed by atoms with Crippen LogP contribution in [0.5, 0.6) is 0 Å². The van der Waals surface area contributed by atoms with E-state index in [2.05, 4.69) is 112 Å². The maximum atomic E-state index is 12.8. The van der Waals surface area contributed by atoms with Crippen molar-refractivity contribution in [1.82, 2.24) is 0 Å². The third kappa shape index (κ3) is 53.2. The van der Waals surface area contributed by atoms with Crippen molar-refractivity contribution < 1.29 is 28.6 Å². The Hall–Kier alpha value is -3.67. The number of rotatable bonds is 49. The molecule has 0 rings (SSSR count). The Balaban J connectivity index is 4.51. The molecule has 0 saturated heterocycles. The highest BCUT2D eigenvalue weighted by atomic mass is 16.6. The Kier molecular flexibility index (Phi) is 51.9. The van der Waals surface area contributed by atoms with Crippen LogP contribution in [0.3, 0.4) is 0 Å². The number of esters is 3. The minimum absolute atomic E-state index is 0.105. The van der Waals surface area contributed by atoms with Gasteiger partial charge in [-0.3, -0.25) is 14.4 Å². The van der Waals surface area contributed by atoms with E-state index in [1.807, 2.05) is 6.08 Å². The van der Waals surface area contributed by atoms with Crippen LogP contribution in [0.4, 0.5) is 0 Å². The molecular weight excluding hydrogens is 829 g/mol. The Bertz CT molecular complexity index is 1350. The van der Waals surface area contributed by atoms with E-state index in [1.165, 1.54) is 103 Å². The molecule has 6 heteroatoms. The van der Waals surface area contributed by atoms with E-state index in [4.69, 9.17) is 14.2 Å². The van der Waals surface area contributed by atoms with Crippen LogP contribution in [-0.2, 0) is 28.6 Å². The highest BCUT2D eigenvalue weighted by Crippen LogP contribution is 2.15. The van der Waals surface area contributed by atoms with E-state index in [1.54, 1.807) is 0 Å². The van der Waals surface area contributed by atoms with Crippen LogP contribution < -0.4 is 0 Å².